The maximum atomic E-state index is 13.4. The molecule has 0 radical (unpaired) electrons. The van der Waals surface area contributed by atoms with Gasteiger partial charge < -0.3 is 28.4 Å². The molecule has 3 aromatic carbocycles. The van der Waals surface area contributed by atoms with Gasteiger partial charge in [0, 0.05) is 32.4 Å². The van der Waals surface area contributed by atoms with E-state index in [9.17, 15) is 43.2 Å². The smallest absolute Gasteiger partial charge is 0.378 e. The second kappa shape index (κ2) is 28.6. The van der Waals surface area contributed by atoms with Crippen LogP contribution in [0.25, 0.3) is 0 Å². The van der Waals surface area contributed by atoms with Gasteiger partial charge in [-0.2, -0.15) is 0 Å². The molecule has 4 rings (SSSR count). The van der Waals surface area contributed by atoms with Crippen molar-refractivity contribution in [1.29, 1.82) is 0 Å². The lowest BCUT2D eigenvalue weighted by Gasteiger charge is -2.14. The monoisotopic (exact) mass is 981 g/mol. The summed E-state index contributed by atoms with van der Waals surface area (Å²) in [5.74, 6) is -2.22. The third kappa shape index (κ3) is 19.5. The maximum absolute atomic E-state index is 13.4. The molecule has 0 unspecified atom stereocenters. The first-order valence-electron chi connectivity index (χ1n) is 18.4. The Morgan fingerprint density at radius 1 is 0.381 bits per heavy atom. The van der Waals surface area contributed by atoms with Gasteiger partial charge in [0.15, 0.2) is 0 Å². The lowest BCUT2D eigenvalue weighted by Crippen LogP contribution is -2.55. The van der Waals surface area contributed by atoms with E-state index in [0.717, 1.165) is 49.1 Å². The Labute approximate surface area is 383 Å². The van der Waals surface area contributed by atoms with E-state index in [0.29, 0.717) is 46.1 Å². The second-order valence-corrected chi connectivity index (χ2v) is 18.8. The van der Waals surface area contributed by atoms with Crippen LogP contribution in [-0.2, 0) is 82.3 Å². The quantitative estimate of drug-likeness (QED) is 0.0449. The molecular formula is C39H39N3O15S6. The Bertz CT molecular complexity index is 2030. The first-order valence-corrected chi connectivity index (χ1v) is 25.4. The third-order valence-corrected chi connectivity index (χ3v) is 13.2. The molecule has 0 atom stereocenters. The minimum Gasteiger partial charge on any atom is -0.460 e. The summed E-state index contributed by atoms with van der Waals surface area (Å²) in [6, 6.07) is 27.0. The summed E-state index contributed by atoms with van der Waals surface area (Å²) >= 11 is 0. The van der Waals surface area contributed by atoms with Crippen LogP contribution in [0.15, 0.2) is 105 Å². The van der Waals surface area contributed by atoms with Gasteiger partial charge in [-0.25, -0.2) is 42.5 Å². The predicted octanol–water partition coefficient (Wildman–Crippen LogP) is 5.96. The van der Waals surface area contributed by atoms with Crippen molar-refractivity contribution in [2.24, 2.45) is 0 Å². The predicted molar refractivity (Wildman–Crippen MR) is 242 cm³/mol. The van der Waals surface area contributed by atoms with E-state index in [1.165, 1.54) is 0 Å². The number of carbonyl (C=O) groups excluding carboxylic acids is 6. The summed E-state index contributed by atoms with van der Waals surface area (Å²) in [5, 5.41) is -2.51. The standard InChI is InChI=1S/C39H39N3O15S6/c43-31(55-22-28-10-4-1-5-11-28)25-58-61-37(49)52-19-16-40-34(46)41(17-20-53-38(50)62-59-26-32(44)56-23-29-12-6-2-7-13-29)36(48)42(35(40)47)18-21-54-39(51)63-60-27-33(45)57-24-30-14-8-3-9-15-30/h1-15H,16-27H2. The van der Waals surface area contributed by atoms with E-state index >= 15 is 0 Å². The van der Waals surface area contributed by atoms with Gasteiger partial charge in [0.05, 0.1) is 19.6 Å². The highest BCUT2D eigenvalue weighted by Crippen LogP contribution is 2.25. The Hall–Kier alpha value is -5.01. The van der Waals surface area contributed by atoms with E-state index in [2.05, 4.69) is 0 Å². The fourth-order valence-electron chi connectivity index (χ4n) is 4.71. The number of esters is 3. The van der Waals surface area contributed by atoms with Gasteiger partial charge in [-0.15, -0.1) is 0 Å². The first-order chi connectivity index (χ1) is 30.5. The molecule has 63 heavy (non-hydrogen) atoms. The molecule has 0 amide bonds. The molecule has 4 aromatic rings. The molecule has 0 aliphatic rings. The van der Waals surface area contributed by atoms with Crippen molar-refractivity contribution in [2.45, 2.75) is 39.5 Å². The fraction of sp³-hybridized carbons (Fsp3) is 0.308. The molecule has 336 valence electrons. The molecule has 0 bridgehead atoms. The molecule has 0 N–H and O–H groups in total. The zero-order chi connectivity index (χ0) is 45.2. The Morgan fingerprint density at radius 3 is 0.889 bits per heavy atom. The highest BCUT2D eigenvalue weighted by molar-refractivity contribution is 8.82. The zero-order valence-electron chi connectivity index (χ0n) is 33.1. The van der Waals surface area contributed by atoms with Crippen LogP contribution in [0.5, 0.6) is 0 Å². The van der Waals surface area contributed by atoms with Crippen molar-refractivity contribution < 1.29 is 57.2 Å². The number of rotatable bonds is 24. The minimum atomic E-state index is -1.11. The van der Waals surface area contributed by atoms with Crippen LogP contribution in [0.4, 0.5) is 14.4 Å². The Kier molecular flexibility index (Phi) is 23.0. The number of aromatic nitrogens is 3. The van der Waals surface area contributed by atoms with Gasteiger partial charge in [0.25, 0.3) is 0 Å². The summed E-state index contributed by atoms with van der Waals surface area (Å²) in [6.45, 7) is -2.82. The first kappa shape index (κ1) is 50.6. The largest absolute Gasteiger partial charge is 0.460 e. The van der Waals surface area contributed by atoms with Crippen LogP contribution >= 0.6 is 64.8 Å². The highest BCUT2D eigenvalue weighted by Gasteiger charge is 2.19. The Morgan fingerprint density at radius 2 is 0.635 bits per heavy atom. The average Bonchev–Trinajstić information content (AvgIpc) is 3.28. The van der Waals surface area contributed by atoms with Crippen molar-refractivity contribution in [1.82, 2.24) is 13.7 Å². The number of hydrogen-bond donors (Lipinski definition) is 0. The molecule has 0 saturated heterocycles. The van der Waals surface area contributed by atoms with Crippen LogP contribution in [-0.4, -0.2) is 84.6 Å². The molecule has 0 aliphatic heterocycles. The van der Waals surface area contributed by atoms with Crippen molar-refractivity contribution in [2.75, 3.05) is 37.1 Å². The van der Waals surface area contributed by atoms with Crippen molar-refractivity contribution in [3.05, 3.63) is 139 Å². The number of ether oxygens (including phenoxy) is 6. The molecular weight excluding hydrogens is 943 g/mol. The van der Waals surface area contributed by atoms with Gasteiger partial charge in [-0.1, -0.05) is 123 Å². The molecule has 0 aliphatic carbocycles. The molecule has 1 heterocycles. The molecule has 1 aromatic heterocycles. The van der Waals surface area contributed by atoms with E-state index in [1.54, 1.807) is 72.8 Å². The van der Waals surface area contributed by atoms with Crippen molar-refractivity contribution in [3.8, 4) is 0 Å². The lowest BCUT2D eigenvalue weighted by atomic mass is 10.2. The molecule has 0 saturated carbocycles. The van der Waals surface area contributed by atoms with Crippen molar-refractivity contribution in [3.63, 3.8) is 0 Å². The minimum absolute atomic E-state index is 0.0620. The van der Waals surface area contributed by atoms with Gasteiger partial charge in [0.2, 0.25) is 0 Å². The van der Waals surface area contributed by atoms with Gasteiger partial charge >= 0.3 is 50.9 Å². The summed E-state index contributed by atoms with van der Waals surface area (Å²) in [5.41, 5.74) is -0.954. The van der Waals surface area contributed by atoms with E-state index in [1.807, 2.05) is 18.2 Å². The van der Waals surface area contributed by atoms with Crippen LogP contribution in [0.2, 0.25) is 0 Å². The Balaban J connectivity index is 1.28. The number of benzene rings is 3. The summed E-state index contributed by atoms with van der Waals surface area (Å²) in [4.78, 5) is 113. The number of carbonyl (C=O) groups is 6. The van der Waals surface area contributed by atoms with Gasteiger partial charge in [-0.3, -0.25) is 14.4 Å². The second-order valence-electron chi connectivity index (χ2n) is 12.1. The zero-order valence-corrected chi connectivity index (χ0v) is 38.0. The third-order valence-electron chi connectivity index (χ3n) is 7.63. The lowest BCUT2D eigenvalue weighted by molar-refractivity contribution is -0.142. The van der Waals surface area contributed by atoms with Gasteiger partial charge in [0.1, 0.15) is 56.9 Å². The fourth-order valence-corrected chi connectivity index (χ4v) is 8.80. The molecule has 0 fully saturated rings. The van der Waals surface area contributed by atoms with Crippen molar-refractivity contribution >= 4 is 98.6 Å². The summed E-state index contributed by atoms with van der Waals surface area (Å²) in [6.07, 6.45) is 0. The average molecular weight is 982 g/mol. The summed E-state index contributed by atoms with van der Waals surface area (Å²) < 4.78 is 32.7. The van der Waals surface area contributed by atoms with Gasteiger partial charge in [-0.05, 0) is 16.7 Å². The van der Waals surface area contributed by atoms with Crippen LogP contribution in [0.1, 0.15) is 16.7 Å². The number of nitrogens with zero attached hydrogens (tertiary/aromatic N) is 3. The highest BCUT2D eigenvalue weighted by atomic mass is 33.1. The van der Waals surface area contributed by atoms with Crippen LogP contribution in [0.3, 0.4) is 0 Å². The van der Waals surface area contributed by atoms with E-state index in [4.69, 9.17) is 28.4 Å². The topological polar surface area (TPSA) is 224 Å². The van der Waals surface area contributed by atoms with E-state index in [-0.39, 0.29) is 37.1 Å². The molecule has 24 heteroatoms. The number of hydrogen-bond acceptors (Lipinski definition) is 21. The SMILES string of the molecule is O=C(CSSC(=O)OCCn1c(=O)n(CCOC(=O)SSCC(=O)OCc2ccccc2)c(=O)n(CCOC(=O)SSCC(=O)OCc2ccccc2)c1=O)OCc1ccccc1. The maximum Gasteiger partial charge on any atom is 0.378 e. The molecule has 0 spiro atoms. The summed E-state index contributed by atoms with van der Waals surface area (Å²) in [7, 11) is 4.35. The van der Waals surface area contributed by atoms with Crippen LogP contribution in [0, 0.1) is 0 Å². The molecule has 18 nitrogen and oxygen atoms in total. The van der Waals surface area contributed by atoms with Crippen LogP contribution < -0.4 is 17.1 Å². The normalized spacial score (nSPS) is 10.7. The van der Waals surface area contributed by atoms with E-state index < -0.39 is 90.3 Å².